The zero-order chi connectivity index (χ0) is 28.9. The van der Waals surface area contributed by atoms with E-state index in [0.717, 1.165) is 57.7 Å². The highest BCUT2D eigenvalue weighted by Gasteiger charge is 2.61. The fourth-order valence-corrected chi connectivity index (χ4v) is 10.7. The largest absolute Gasteiger partial charge is 0.417 e. The summed E-state index contributed by atoms with van der Waals surface area (Å²) in [6.45, 7) is 21.0. The molecule has 4 fully saturated rings. The Morgan fingerprint density at radius 3 is 2.52 bits per heavy atom. The summed E-state index contributed by atoms with van der Waals surface area (Å²) in [5.74, 6) is 3.16. The molecule has 0 aromatic carbocycles. The van der Waals surface area contributed by atoms with Crippen molar-refractivity contribution in [3.8, 4) is 0 Å². The molecular weight excluding hydrogens is 512 g/mol. The first-order chi connectivity index (χ1) is 18.8. The van der Waals surface area contributed by atoms with Gasteiger partial charge in [0.25, 0.3) is 0 Å². The average Bonchev–Trinajstić information content (AvgIpc) is 3.24. The molecule has 0 spiro atoms. The van der Waals surface area contributed by atoms with Crippen LogP contribution in [-0.2, 0) is 18.7 Å². The normalized spacial score (nSPS) is 41.1. The molecule has 0 aromatic rings. The maximum Gasteiger partial charge on any atom is 0.191 e. The topological polar surface area (TPSA) is 44.8 Å². The standard InChI is InChI=1S/C35H60O4Si/c1-24(12-11-21-38-40(7,8)33(2,3)4)27-14-15-28-32-29(17-19-35(27,28)6)34(5)18-16-26(22-25(34)23-30(32)36)39-31-13-9-10-20-37-31/h23-24,26-29,31-32H,9-22H2,1-8H3/t24-,26+,27-,28+,29+,31?,32+,34+,35-/m1/s1. The van der Waals surface area contributed by atoms with Gasteiger partial charge in [0, 0.05) is 19.1 Å². The van der Waals surface area contributed by atoms with Crippen molar-refractivity contribution in [3.63, 3.8) is 0 Å². The quantitative estimate of drug-likeness (QED) is 0.215. The van der Waals surface area contributed by atoms with Crippen LogP contribution < -0.4 is 0 Å². The van der Waals surface area contributed by atoms with Gasteiger partial charge in [-0.25, -0.2) is 0 Å². The first-order valence-corrected chi connectivity index (χ1v) is 19.8. The van der Waals surface area contributed by atoms with Gasteiger partial charge < -0.3 is 13.9 Å². The van der Waals surface area contributed by atoms with E-state index in [4.69, 9.17) is 13.9 Å². The molecule has 5 aliphatic rings. The molecule has 0 bridgehead atoms. The van der Waals surface area contributed by atoms with Crippen molar-refractivity contribution in [2.45, 2.75) is 149 Å². The molecular formula is C35H60O4Si. The monoisotopic (exact) mass is 572 g/mol. The number of hydrogen-bond donors (Lipinski definition) is 0. The Morgan fingerprint density at radius 1 is 1.05 bits per heavy atom. The van der Waals surface area contributed by atoms with Crippen LogP contribution in [0.4, 0.5) is 0 Å². The molecule has 1 unspecified atom stereocenters. The second kappa shape index (κ2) is 11.5. The van der Waals surface area contributed by atoms with Gasteiger partial charge in [-0.3, -0.25) is 4.79 Å². The molecule has 4 aliphatic carbocycles. The number of carbonyl (C=O) groups excluding carboxylic acids is 1. The first kappa shape index (κ1) is 30.9. The van der Waals surface area contributed by atoms with Crippen molar-refractivity contribution >= 4 is 14.1 Å². The fraction of sp³-hybridized carbons (Fsp3) is 0.914. The van der Waals surface area contributed by atoms with E-state index >= 15 is 0 Å². The molecule has 1 saturated heterocycles. The summed E-state index contributed by atoms with van der Waals surface area (Å²) < 4.78 is 18.8. The summed E-state index contributed by atoms with van der Waals surface area (Å²) in [7, 11) is -1.67. The minimum absolute atomic E-state index is 0.0397. The predicted octanol–water partition coefficient (Wildman–Crippen LogP) is 9.09. The molecule has 5 heteroatoms. The van der Waals surface area contributed by atoms with Gasteiger partial charge in [-0.2, -0.15) is 0 Å². The highest BCUT2D eigenvalue weighted by Crippen LogP contribution is 2.66. The Kier molecular flexibility index (Phi) is 8.93. The third-order valence-corrected chi connectivity index (χ3v) is 17.8. The van der Waals surface area contributed by atoms with Gasteiger partial charge in [-0.05, 0) is 136 Å². The predicted molar refractivity (Wildman–Crippen MR) is 166 cm³/mol. The lowest BCUT2D eigenvalue weighted by Crippen LogP contribution is -2.54. The van der Waals surface area contributed by atoms with Crippen molar-refractivity contribution in [2.75, 3.05) is 13.2 Å². The number of ketones is 1. The van der Waals surface area contributed by atoms with Gasteiger partial charge in [-0.15, -0.1) is 0 Å². The van der Waals surface area contributed by atoms with E-state index in [9.17, 15) is 4.79 Å². The van der Waals surface area contributed by atoms with Crippen molar-refractivity contribution in [2.24, 2.45) is 40.4 Å². The number of carbonyl (C=O) groups is 1. The summed E-state index contributed by atoms with van der Waals surface area (Å²) in [6.07, 6.45) is 16.3. The maximum atomic E-state index is 13.9. The second-order valence-electron chi connectivity index (χ2n) is 16.5. The van der Waals surface area contributed by atoms with E-state index in [1.807, 2.05) is 0 Å². The van der Waals surface area contributed by atoms with E-state index in [1.54, 1.807) is 0 Å². The van der Waals surface area contributed by atoms with Gasteiger partial charge in [0.05, 0.1) is 6.10 Å². The number of fused-ring (bicyclic) bond motifs is 5. The highest BCUT2D eigenvalue weighted by molar-refractivity contribution is 6.74. The lowest BCUT2D eigenvalue weighted by molar-refractivity contribution is -0.195. The minimum Gasteiger partial charge on any atom is -0.417 e. The fourth-order valence-electron chi connectivity index (χ4n) is 9.64. The second-order valence-corrected chi connectivity index (χ2v) is 21.3. The van der Waals surface area contributed by atoms with Crippen molar-refractivity contribution < 1.29 is 18.7 Å². The molecule has 228 valence electrons. The third-order valence-electron chi connectivity index (χ3n) is 13.2. The van der Waals surface area contributed by atoms with Crippen LogP contribution in [0.1, 0.15) is 119 Å². The molecule has 5 rings (SSSR count). The maximum absolute atomic E-state index is 13.9. The molecule has 4 nitrogen and oxygen atoms in total. The third kappa shape index (κ3) is 5.72. The summed E-state index contributed by atoms with van der Waals surface area (Å²) >= 11 is 0. The highest BCUT2D eigenvalue weighted by atomic mass is 28.4. The van der Waals surface area contributed by atoms with E-state index in [0.29, 0.717) is 29.0 Å². The van der Waals surface area contributed by atoms with Crippen LogP contribution in [0.15, 0.2) is 11.6 Å². The molecule has 0 radical (unpaired) electrons. The molecule has 1 aliphatic heterocycles. The van der Waals surface area contributed by atoms with Gasteiger partial charge in [0.1, 0.15) is 0 Å². The van der Waals surface area contributed by atoms with Crippen molar-refractivity contribution in [1.82, 2.24) is 0 Å². The van der Waals surface area contributed by atoms with Gasteiger partial charge in [0.2, 0.25) is 0 Å². The lowest BCUT2D eigenvalue weighted by atomic mass is 9.46. The number of rotatable bonds is 8. The van der Waals surface area contributed by atoms with Crippen LogP contribution in [0, 0.1) is 40.4 Å². The Bertz CT molecular complexity index is 946. The van der Waals surface area contributed by atoms with E-state index in [-0.39, 0.29) is 28.8 Å². The smallest absolute Gasteiger partial charge is 0.191 e. The van der Waals surface area contributed by atoms with E-state index < -0.39 is 8.32 Å². The zero-order valence-corrected chi connectivity index (χ0v) is 28.2. The minimum atomic E-state index is -1.67. The number of hydrogen-bond acceptors (Lipinski definition) is 4. The molecule has 3 saturated carbocycles. The Morgan fingerprint density at radius 2 is 1.82 bits per heavy atom. The molecule has 40 heavy (non-hydrogen) atoms. The molecule has 0 aromatic heterocycles. The lowest BCUT2D eigenvalue weighted by Gasteiger charge is -2.57. The van der Waals surface area contributed by atoms with Gasteiger partial charge in [-0.1, -0.05) is 47.1 Å². The average molecular weight is 573 g/mol. The molecule has 1 heterocycles. The van der Waals surface area contributed by atoms with E-state index in [1.165, 1.54) is 44.1 Å². The number of allylic oxidation sites excluding steroid dienone is 1. The van der Waals surface area contributed by atoms with Gasteiger partial charge in [0.15, 0.2) is 20.4 Å². The summed E-state index contributed by atoms with van der Waals surface area (Å²) in [4.78, 5) is 13.9. The van der Waals surface area contributed by atoms with Crippen LogP contribution in [0.3, 0.4) is 0 Å². The summed E-state index contributed by atoms with van der Waals surface area (Å²) in [6, 6.07) is 0. The van der Waals surface area contributed by atoms with Crippen molar-refractivity contribution in [1.29, 1.82) is 0 Å². The first-order valence-electron chi connectivity index (χ1n) is 16.9. The Labute approximate surface area is 246 Å². The van der Waals surface area contributed by atoms with Crippen LogP contribution >= 0.6 is 0 Å². The zero-order valence-electron chi connectivity index (χ0n) is 27.2. The van der Waals surface area contributed by atoms with Crippen LogP contribution in [-0.4, -0.2) is 39.7 Å². The van der Waals surface area contributed by atoms with Crippen LogP contribution in [0.2, 0.25) is 18.1 Å². The van der Waals surface area contributed by atoms with Crippen LogP contribution in [0.25, 0.3) is 0 Å². The SMILES string of the molecule is C[C@H](CCCO[Si](C)(C)C(C)(C)C)[C@H]1CC[C@H]2[C@@H]3C(=O)C=C4C[C@@H](OC5CCCCO5)CC[C@]4(C)[C@H]3CC[C@]12C. The van der Waals surface area contributed by atoms with Crippen LogP contribution in [0.5, 0.6) is 0 Å². The summed E-state index contributed by atoms with van der Waals surface area (Å²) in [5, 5.41) is 0.275. The summed E-state index contributed by atoms with van der Waals surface area (Å²) in [5.41, 5.74) is 1.86. The van der Waals surface area contributed by atoms with Crippen molar-refractivity contribution in [3.05, 3.63) is 11.6 Å². The molecule has 0 amide bonds. The Balaban J connectivity index is 1.22. The van der Waals surface area contributed by atoms with Gasteiger partial charge >= 0.3 is 0 Å². The number of ether oxygens (including phenoxy) is 2. The van der Waals surface area contributed by atoms with E-state index in [2.05, 4.69) is 60.7 Å². The Hall–Kier alpha value is -0.493. The molecule has 9 atom stereocenters. The molecule has 0 N–H and O–H groups in total.